The fourth-order valence-corrected chi connectivity index (χ4v) is 3.27. The molecule has 0 aromatic heterocycles. The minimum absolute atomic E-state index is 0.517. The highest BCUT2D eigenvalue weighted by molar-refractivity contribution is 6.32. The molecular formula is C18H28ClN3O2. The maximum absolute atomic E-state index is 6.32. The standard InChI is InChI=1S/C18H28ClN3O2/c1-4-24-17-15(19)10-13(11-16(17)23-3)12-21-18(20-2)22-14-8-6-5-7-9-14/h10-11,14H,4-9,12H2,1-3H3,(H2,20,21,22). The van der Waals surface area contributed by atoms with Crippen LogP contribution in [0, 0.1) is 0 Å². The van der Waals surface area contributed by atoms with Crippen molar-refractivity contribution in [3.05, 3.63) is 22.7 Å². The quantitative estimate of drug-likeness (QED) is 0.604. The molecule has 0 unspecified atom stereocenters. The van der Waals surface area contributed by atoms with Gasteiger partial charge in [0, 0.05) is 19.6 Å². The van der Waals surface area contributed by atoms with Gasteiger partial charge in [-0.15, -0.1) is 0 Å². The number of hydrogen-bond acceptors (Lipinski definition) is 3. The monoisotopic (exact) mass is 353 g/mol. The van der Waals surface area contributed by atoms with Gasteiger partial charge in [-0.05, 0) is 37.5 Å². The van der Waals surface area contributed by atoms with Crippen molar-refractivity contribution in [1.29, 1.82) is 0 Å². The molecule has 1 saturated carbocycles. The molecule has 0 spiro atoms. The van der Waals surface area contributed by atoms with Crippen LogP contribution in [0.5, 0.6) is 11.5 Å². The SMILES string of the molecule is CCOc1c(Cl)cc(CNC(=NC)NC2CCCCC2)cc1OC. The van der Waals surface area contributed by atoms with Crippen molar-refractivity contribution in [2.45, 2.75) is 51.6 Å². The third-order valence-corrected chi connectivity index (χ3v) is 4.49. The van der Waals surface area contributed by atoms with Gasteiger partial charge in [0.15, 0.2) is 17.5 Å². The number of benzene rings is 1. The Morgan fingerprint density at radius 3 is 2.67 bits per heavy atom. The van der Waals surface area contributed by atoms with Gasteiger partial charge in [0.05, 0.1) is 18.7 Å². The number of methoxy groups -OCH3 is 1. The molecule has 2 rings (SSSR count). The normalized spacial score (nSPS) is 15.9. The second-order valence-corrected chi connectivity index (χ2v) is 6.35. The molecule has 0 saturated heterocycles. The van der Waals surface area contributed by atoms with Crippen LogP contribution in [0.15, 0.2) is 17.1 Å². The van der Waals surface area contributed by atoms with E-state index in [2.05, 4.69) is 15.6 Å². The Labute approximate surface area is 149 Å². The van der Waals surface area contributed by atoms with Gasteiger partial charge in [-0.25, -0.2) is 0 Å². The van der Waals surface area contributed by atoms with E-state index in [9.17, 15) is 0 Å². The molecule has 1 aliphatic rings. The van der Waals surface area contributed by atoms with E-state index in [-0.39, 0.29) is 0 Å². The topological polar surface area (TPSA) is 54.9 Å². The Balaban J connectivity index is 1.98. The molecule has 1 aromatic carbocycles. The van der Waals surface area contributed by atoms with Crippen molar-refractivity contribution < 1.29 is 9.47 Å². The average Bonchev–Trinajstić information content (AvgIpc) is 2.61. The third kappa shape index (κ3) is 5.20. The van der Waals surface area contributed by atoms with Gasteiger partial charge in [0.2, 0.25) is 0 Å². The fraction of sp³-hybridized carbons (Fsp3) is 0.611. The molecular weight excluding hydrogens is 326 g/mol. The summed E-state index contributed by atoms with van der Waals surface area (Å²) >= 11 is 6.32. The lowest BCUT2D eigenvalue weighted by Crippen LogP contribution is -2.43. The molecule has 6 heteroatoms. The maximum atomic E-state index is 6.32. The molecule has 0 heterocycles. The van der Waals surface area contributed by atoms with E-state index in [0.717, 1.165) is 11.5 Å². The fourth-order valence-electron chi connectivity index (χ4n) is 2.98. The van der Waals surface area contributed by atoms with Gasteiger partial charge in [-0.2, -0.15) is 0 Å². The van der Waals surface area contributed by atoms with E-state index in [1.54, 1.807) is 14.2 Å². The van der Waals surface area contributed by atoms with Crippen LogP contribution in [0.25, 0.3) is 0 Å². The lowest BCUT2D eigenvalue weighted by atomic mass is 9.96. The first-order valence-corrected chi connectivity index (χ1v) is 9.02. The number of hydrogen-bond donors (Lipinski definition) is 2. The van der Waals surface area contributed by atoms with E-state index in [0.29, 0.717) is 35.7 Å². The summed E-state index contributed by atoms with van der Waals surface area (Å²) in [6.45, 7) is 3.09. The average molecular weight is 354 g/mol. The second kappa shape index (κ2) is 9.62. The predicted molar refractivity (Wildman–Crippen MR) is 99.4 cm³/mol. The summed E-state index contributed by atoms with van der Waals surface area (Å²) < 4.78 is 10.9. The van der Waals surface area contributed by atoms with Crippen LogP contribution < -0.4 is 20.1 Å². The van der Waals surface area contributed by atoms with E-state index >= 15 is 0 Å². The van der Waals surface area contributed by atoms with E-state index < -0.39 is 0 Å². The van der Waals surface area contributed by atoms with E-state index in [4.69, 9.17) is 21.1 Å². The first-order valence-electron chi connectivity index (χ1n) is 8.64. The van der Waals surface area contributed by atoms with Crippen molar-refractivity contribution >= 4 is 17.6 Å². The van der Waals surface area contributed by atoms with Gasteiger partial charge in [0.25, 0.3) is 0 Å². The molecule has 0 atom stereocenters. The summed E-state index contributed by atoms with van der Waals surface area (Å²) in [6.07, 6.45) is 6.35. The summed E-state index contributed by atoms with van der Waals surface area (Å²) in [5.41, 5.74) is 1.02. The molecule has 5 nitrogen and oxygen atoms in total. The Kier molecular flexibility index (Phi) is 7.50. The molecule has 1 fully saturated rings. The second-order valence-electron chi connectivity index (χ2n) is 5.95. The number of halogens is 1. The molecule has 134 valence electrons. The van der Waals surface area contributed by atoms with Crippen molar-refractivity contribution in [1.82, 2.24) is 10.6 Å². The van der Waals surface area contributed by atoms with Crippen LogP contribution in [-0.2, 0) is 6.54 Å². The zero-order valence-electron chi connectivity index (χ0n) is 14.8. The number of nitrogens with one attached hydrogen (secondary N) is 2. The number of nitrogens with zero attached hydrogens (tertiary/aromatic N) is 1. The van der Waals surface area contributed by atoms with Gasteiger partial charge in [0.1, 0.15) is 0 Å². The van der Waals surface area contributed by atoms with E-state index in [1.165, 1.54) is 32.1 Å². The van der Waals surface area contributed by atoms with Crippen LogP contribution in [0.3, 0.4) is 0 Å². The van der Waals surface area contributed by atoms with Gasteiger partial charge in [-0.1, -0.05) is 30.9 Å². The largest absolute Gasteiger partial charge is 0.493 e. The third-order valence-electron chi connectivity index (χ3n) is 4.21. The molecule has 1 aromatic rings. The van der Waals surface area contributed by atoms with Gasteiger partial charge < -0.3 is 20.1 Å². The molecule has 1 aliphatic carbocycles. The molecule has 0 amide bonds. The van der Waals surface area contributed by atoms with Crippen LogP contribution in [0.1, 0.15) is 44.6 Å². The summed E-state index contributed by atoms with van der Waals surface area (Å²) in [7, 11) is 3.42. The maximum Gasteiger partial charge on any atom is 0.191 e. The molecule has 2 N–H and O–H groups in total. The molecule has 0 bridgehead atoms. The van der Waals surface area contributed by atoms with Crippen molar-refractivity contribution in [2.75, 3.05) is 20.8 Å². The minimum atomic E-state index is 0.517. The van der Waals surface area contributed by atoms with Crippen LogP contribution in [0.2, 0.25) is 5.02 Å². The van der Waals surface area contributed by atoms with Crippen LogP contribution >= 0.6 is 11.6 Å². The molecule has 0 radical (unpaired) electrons. The Morgan fingerprint density at radius 2 is 2.04 bits per heavy atom. The molecule has 0 aliphatic heterocycles. The number of guanidine groups is 1. The van der Waals surface area contributed by atoms with Crippen molar-refractivity contribution in [3.63, 3.8) is 0 Å². The van der Waals surface area contributed by atoms with E-state index in [1.807, 2.05) is 19.1 Å². The first kappa shape index (κ1) is 18.7. The first-order chi connectivity index (χ1) is 11.7. The van der Waals surface area contributed by atoms with Crippen LogP contribution in [0.4, 0.5) is 0 Å². The lowest BCUT2D eigenvalue weighted by Gasteiger charge is -2.25. The highest BCUT2D eigenvalue weighted by Crippen LogP contribution is 2.36. The highest BCUT2D eigenvalue weighted by Gasteiger charge is 2.15. The zero-order chi connectivity index (χ0) is 17.4. The predicted octanol–water partition coefficient (Wildman–Crippen LogP) is 3.75. The minimum Gasteiger partial charge on any atom is -0.493 e. The summed E-state index contributed by atoms with van der Waals surface area (Å²) in [5, 5.41) is 7.41. The van der Waals surface area contributed by atoms with Gasteiger partial charge in [-0.3, -0.25) is 4.99 Å². The smallest absolute Gasteiger partial charge is 0.191 e. The summed E-state index contributed by atoms with van der Waals surface area (Å²) in [6, 6.07) is 4.36. The zero-order valence-corrected chi connectivity index (χ0v) is 15.6. The van der Waals surface area contributed by atoms with Crippen molar-refractivity contribution in [2.24, 2.45) is 4.99 Å². The van der Waals surface area contributed by atoms with Crippen molar-refractivity contribution in [3.8, 4) is 11.5 Å². The number of rotatable bonds is 6. The Hall–Kier alpha value is -1.62. The van der Waals surface area contributed by atoms with Crippen LogP contribution in [-0.4, -0.2) is 32.8 Å². The summed E-state index contributed by atoms with van der Waals surface area (Å²) in [5.74, 6) is 2.07. The number of aliphatic imine (C=N–C) groups is 1. The Morgan fingerprint density at radius 1 is 1.29 bits per heavy atom. The summed E-state index contributed by atoms with van der Waals surface area (Å²) in [4.78, 5) is 4.31. The Bertz CT molecular complexity index is 557. The van der Waals surface area contributed by atoms with Gasteiger partial charge >= 0.3 is 0 Å². The number of ether oxygens (including phenoxy) is 2. The highest BCUT2D eigenvalue weighted by atomic mass is 35.5. The molecule has 24 heavy (non-hydrogen) atoms. The lowest BCUT2D eigenvalue weighted by molar-refractivity contribution is 0.311.